The van der Waals surface area contributed by atoms with Crippen molar-refractivity contribution in [1.82, 2.24) is 0 Å². The van der Waals surface area contributed by atoms with Gasteiger partial charge in [-0.3, -0.25) is 0 Å². The van der Waals surface area contributed by atoms with E-state index in [1.54, 1.807) is 0 Å². The van der Waals surface area contributed by atoms with Crippen molar-refractivity contribution in [2.45, 2.75) is 12.7 Å². The standard InChI is InChI=1S/C9H6F3NO/c1-9(12,13-5-14)7-3-2-6(10)4-8(7)11/h2-4H,1H3. The van der Waals surface area contributed by atoms with Crippen LogP contribution in [0.1, 0.15) is 12.5 Å². The molecule has 1 aromatic rings. The highest BCUT2D eigenvalue weighted by atomic mass is 19.2. The molecule has 2 nitrogen and oxygen atoms in total. The van der Waals surface area contributed by atoms with Crippen LogP contribution >= 0.6 is 0 Å². The molecule has 5 heteroatoms. The Morgan fingerprint density at radius 1 is 1.43 bits per heavy atom. The van der Waals surface area contributed by atoms with Crippen LogP contribution in [0.25, 0.3) is 0 Å². The average molecular weight is 201 g/mol. The van der Waals surface area contributed by atoms with Gasteiger partial charge in [0.2, 0.25) is 11.9 Å². The number of aliphatic imine (C=N–C) groups is 1. The van der Waals surface area contributed by atoms with Gasteiger partial charge in [0.1, 0.15) is 11.6 Å². The van der Waals surface area contributed by atoms with Gasteiger partial charge >= 0.3 is 0 Å². The SMILES string of the molecule is CC(F)(N=C=O)c1ccc(F)cc1F. The van der Waals surface area contributed by atoms with Gasteiger partial charge in [-0.2, -0.15) is 4.99 Å². The molecule has 74 valence electrons. The molecule has 0 saturated heterocycles. The van der Waals surface area contributed by atoms with Gasteiger partial charge in [-0.15, -0.1) is 0 Å². The molecule has 0 fully saturated rings. The summed E-state index contributed by atoms with van der Waals surface area (Å²) in [4.78, 5) is 12.6. The summed E-state index contributed by atoms with van der Waals surface area (Å²) in [7, 11) is 0. The van der Waals surface area contributed by atoms with E-state index < -0.39 is 23.0 Å². The van der Waals surface area contributed by atoms with Crippen molar-refractivity contribution in [2.75, 3.05) is 0 Å². The lowest BCUT2D eigenvalue weighted by Gasteiger charge is -2.13. The third-order valence-corrected chi connectivity index (χ3v) is 1.68. The number of carbonyl (C=O) groups excluding carboxylic acids is 1. The van der Waals surface area contributed by atoms with E-state index in [4.69, 9.17) is 0 Å². The Kier molecular flexibility index (Phi) is 2.72. The second kappa shape index (κ2) is 3.64. The van der Waals surface area contributed by atoms with Gasteiger partial charge in [0.15, 0.2) is 0 Å². The fraction of sp³-hybridized carbons (Fsp3) is 0.222. The van der Waals surface area contributed by atoms with E-state index in [2.05, 4.69) is 4.99 Å². The van der Waals surface area contributed by atoms with Gasteiger partial charge in [-0.05, 0) is 19.1 Å². The summed E-state index contributed by atoms with van der Waals surface area (Å²) in [6, 6.07) is 2.30. The maximum absolute atomic E-state index is 13.4. The van der Waals surface area contributed by atoms with Crippen molar-refractivity contribution in [3.63, 3.8) is 0 Å². The van der Waals surface area contributed by atoms with Crippen LogP contribution in [0.4, 0.5) is 13.2 Å². The predicted octanol–water partition coefficient (Wildman–Crippen LogP) is 2.44. The molecule has 0 aliphatic heterocycles. The fourth-order valence-electron chi connectivity index (χ4n) is 1.01. The quantitative estimate of drug-likeness (QED) is 0.410. The highest BCUT2D eigenvalue weighted by Crippen LogP contribution is 2.28. The Hall–Kier alpha value is -1.61. The third-order valence-electron chi connectivity index (χ3n) is 1.68. The fourth-order valence-corrected chi connectivity index (χ4v) is 1.01. The molecule has 0 radical (unpaired) electrons. The summed E-state index contributed by atoms with van der Waals surface area (Å²) < 4.78 is 38.9. The van der Waals surface area contributed by atoms with Crippen molar-refractivity contribution in [1.29, 1.82) is 0 Å². The van der Waals surface area contributed by atoms with Crippen LogP contribution in [0.15, 0.2) is 23.2 Å². The first kappa shape index (κ1) is 10.5. The minimum atomic E-state index is -2.51. The van der Waals surface area contributed by atoms with E-state index in [9.17, 15) is 18.0 Å². The number of alkyl halides is 1. The van der Waals surface area contributed by atoms with Crippen LogP contribution in [0.5, 0.6) is 0 Å². The Morgan fingerprint density at radius 3 is 2.57 bits per heavy atom. The van der Waals surface area contributed by atoms with Crippen LogP contribution in [-0.4, -0.2) is 6.08 Å². The summed E-state index contributed by atoms with van der Waals surface area (Å²) in [5.74, 6) is -4.43. The van der Waals surface area contributed by atoms with Gasteiger partial charge in [-0.1, -0.05) is 0 Å². The van der Waals surface area contributed by atoms with E-state index in [0.717, 1.165) is 25.1 Å². The third kappa shape index (κ3) is 2.00. The van der Waals surface area contributed by atoms with Gasteiger partial charge in [-0.25, -0.2) is 18.0 Å². The second-order valence-electron chi connectivity index (χ2n) is 2.78. The van der Waals surface area contributed by atoms with Crippen molar-refractivity contribution < 1.29 is 18.0 Å². The first-order valence-electron chi connectivity index (χ1n) is 3.71. The van der Waals surface area contributed by atoms with Crippen molar-refractivity contribution in [3.8, 4) is 0 Å². The molecule has 0 aliphatic rings. The van der Waals surface area contributed by atoms with Gasteiger partial charge < -0.3 is 0 Å². The molecule has 1 aromatic carbocycles. The zero-order chi connectivity index (χ0) is 10.8. The van der Waals surface area contributed by atoms with E-state index in [1.165, 1.54) is 0 Å². The maximum Gasteiger partial charge on any atom is 0.238 e. The Morgan fingerprint density at radius 2 is 2.07 bits per heavy atom. The second-order valence-corrected chi connectivity index (χ2v) is 2.78. The van der Waals surface area contributed by atoms with Crippen molar-refractivity contribution in [2.24, 2.45) is 4.99 Å². The summed E-state index contributed by atoms with van der Waals surface area (Å²) in [6.45, 7) is 0.883. The lowest BCUT2D eigenvalue weighted by Crippen LogP contribution is -2.13. The molecule has 0 saturated carbocycles. The Balaban J connectivity index is 3.25. The molecule has 0 N–H and O–H groups in total. The lowest BCUT2D eigenvalue weighted by atomic mass is 10.1. The summed E-state index contributed by atoms with van der Waals surface area (Å²) in [5.41, 5.74) is -0.498. The zero-order valence-corrected chi connectivity index (χ0v) is 7.22. The topological polar surface area (TPSA) is 29.4 Å². The number of isocyanates is 1. The highest BCUT2D eigenvalue weighted by molar-refractivity contribution is 5.37. The Bertz CT molecular complexity index is 397. The van der Waals surface area contributed by atoms with Gasteiger partial charge in [0.05, 0.1) is 0 Å². The van der Waals surface area contributed by atoms with E-state index in [0.29, 0.717) is 6.07 Å². The smallest absolute Gasteiger partial charge is 0.212 e. The molecular weight excluding hydrogens is 195 g/mol. The minimum Gasteiger partial charge on any atom is -0.212 e. The van der Waals surface area contributed by atoms with Gasteiger partial charge in [0, 0.05) is 11.6 Å². The number of halogens is 3. The molecule has 0 spiro atoms. The molecular formula is C9H6F3NO. The van der Waals surface area contributed by atoms with Crippen LogP contribution < -0.4 is 0 Å². The number of hydrogen-bond donors (Lipinski definition) is 0. The van der Waals surface area contributed by atoms with Crippen molar-refractivity contribution in [3.05, 3.63) is 35.4 Å². The molecule has 0 amide bonds. The first-order chi connectivity index (χ1) is 6.47. The molecule has 14 heavy (non-hydrogen) atoms. The van der Waals surface area contributed by atoms with E-state index >= 15 is 0 Å². The summed E-state index contributed by atoms with van der Waals surface area (Å²) in [5, 5.41) is 0. The first-order valence-corrected chi connectivity index (χ1v) is 3.71. The monoisotopic (exact) mass is 201 g/mol. The van der Waals surface area contributed by atoms with Crippen LogP contribution in [0, 0.1) is 11.6 Å². The molecule has 1 unspecified atom stereocenters. The van der Waals surface area contributed by atoms with E-state index in [1.807, 2.05) is 0 Å². The summed E-state index contributed by atoms with van der Waals surface area (Å²) >= 11 is 0. The normalized spacial score (nSPS) is 14.3. The van der Waals surface area contributed by atoms with E-state index in [-0.39, 0.29) is 0 Å². The predicted molar refractivity (Wildman–Crippen MR) is 42.9 cm³/mol. The lowest BCUT2D eigenvalue weighted by molar-refractivity contribution is 0.198. The van der Waals surface area contributed by atoms with Crippen molar-refractivity contribution >= 4 is 6.08 Å². The molecule has 1 rings (SSSR count). The molecule has 0 bridgehead atoms. The van der Waals surface area contributed by atoms with Crippen LogP contribution in [0.3, 0.4) is 0 Å². The average Bonchev–Trinajstić information content (AvgIpc) is 2.02. The molecule has 0 heterocycles. The van der Waals surface area contributed by atoms with Crippen LogP contribution in [0.2, 0.25) is 0 Å². The number of nitrogens with zero attached hydrogens (tertiary/aromatic N) is 1. The highest BCUT2D eigenvalue weighted by Gasteiger charge is 2.28. The molecule has 1 atom stereocenters. The zero-order valence-electron chi connectivity index (χ0n) is 7.22. The Labute approximate surface area is 78.1 Å². The number of hydrogen-bond acceptors (Lipinski definition) is 2. The summed E-state index contributed by atoms with van der Waals surface area (Å²) in [6.07, 6.45) is 0.988. The largest absolute Gasteiger partial charge is 0.238 e. The molecule has 0 aromatic heterocycles. The maximum atomic E-state index is 13.4. The minimum absolute atomic E-state index is 0.498. The van der Waals surface area contributed by atoms with Gasteiger partial charge in [0.25, 0.3) is 0 Å². The number of benzene rings is 1. The molecule has 0 aliphatic carbocycles. The van der Waals surface area contributed by atoms with Crippen LogP contribution in [-0.2, 0) is 10.6 Å². The number of rotatable bonds is 2.